The zero-order valence-electron chi connectivity index (χ0n) is 15.8. The number of alkyl halides is 2. The van der Waals surface area contributed by atoms with Crippen LogP contribution in [0.25, 0.3) is 0 Å². The van der Waals surface area contributed by atoms with Crippen molar-refractivity contribution in [2.45, 2.75) is 33.0 Å². The van der Waals surface area contributed by atoms with Crippen molar-refractivity contribution in [2.75, 3.05) is 39.4 Å². The molecule has 0 aliphatic carbocycles. The van der Waals surface area contributed by atoms with Crippen molar-refractivity contribution < 1.29 is 18.3 Å². The van der Waals surface area contributed by atoms with Crippen LogP contribution in [0.2, 0.25) is 0 Å². The van der Waals surface area contributed by atoms with Crippen LogP contribution in [0.5, 0.6) is 5.75 Å². The topological polar surface area (TPSA) is 58.1 Å². The van der Waals surface area contributed by atoms with Crippen LogP contribution < -0.4 is 15.4 Å². The van der Waals surface area contributed by atoms with Gasteiger partial charge >= 0.3 is 6.61 Å². The molecule has 0 bridgehead atoms. The molecule has 1 aromatic rings. The van der Waals surface area contributed by atoms with Crippen LogP contribution in [0.4, 0.5) is 8.78 Å². The zero-order valence-corrected chi connectivity index (χ0v) is 18.1. The average molecular weight is 498 g/mol. The van der Waals surface area contributed by atoms with Gasteiger partial charge in [0.15, 0.2) is 5.96 Å². The van der Waals surface area contributed by atoms with E-state index in [1.165, 1.54) is 6.07 Å². The van der Waals surface area contributed by atoms with E-state index in [-0.39, 0.29) is 36.3 Å². The summed E-state index contributed by atoms with van der Waals surface area (Å²) in [7, 11) is 0. The van der Waals surface area contributed by atoms with Crippen molar-refractivity contribution in [2.24, 2.45) is 4.99 Å². The molecule has 1 heterocycles. The van der Waals surface area contributed by atoms with E-state index >= 15 is 0 Å². The van der Waals surface area contributed by atoms with Gasteiger partial charge in [-0.05, 0) is 19.9 Å². The number of nitrogens with one attached hydrogen (secondary N) is 2. The van der Waals surface area contributed by atoms with Gasteiger partial charge in [-0.15, -0.1) is 24.0 Å². The number of hydrogen-bond donors (Lipinski definition) is 2. The number of hydrogen-bond acceptors (Lipinski definition) is 4. The van der Waals surface area contributed by atoms with Gasteiger partial charge in [0.2, 0.25) is 0 Å². The van der Waals surface area contributed by atoms with Gasteiger partial charge in [-0.1, -0.05) is 18.2 Å². The molecule has 0 spiro atoms. The maximum absolute atomic E-state index is 12.5. The van der Waals surface area contributed by atoms with Crippen molar-refractivity contribution in [3.8, 4) is 5.75 Å². The predicted octanol–water partition coefficient (Wildman–Crippen LogP) is 2.68. The van der Waals surface area contributed by atoms with Crippen LogP contribution in [-0.2, 0) is 11.3 Å². The van der Waals surface area contributed by atoms with E-state index in [4.69, 9.17) is 4.74 Å². The largest absolute Gasteiger partial charge is 0.434 e. The molecule has 0 aromatic heterocycles. The van der Waals surface area contributed by atoms with Crippen molar-refractivity contribution >= 4 is 29.9 Å². The van der Waals surface area contributed by atoms with Crippen LogP contribution in [0.15, 0.2) is 29.3 Å². The van der Waals surface area contributed by atoms with Crippen molar-refractivity contribution in [3.63, 3.8) is 0 Å². The number of halogens is 3. The standard InChI is InChI=1S/C18H28F2N4O2.HI/c1-3-21-18(22-12-14(2)24-8-10-25-11-9-24)23-13-15-6-4-5-7-16(15)26-17(19)20;/h4-7,14,17H,3,8-13H2,1-2H3,(H2,21,22,23);1H. The van der Waals surface area contributed by atoms with E-state index in [0.717, 1.165) is 32.8 Å². The maximum atomic E-state index is 12.5. The predicted molar refractivity (Wildman–Crippen MR) is 113 cm³/mol. The average Bonchev–Trinajstić information content (AvgIpc) is 2.65. The van der Waals surface area contributed by atoms with Crippen LogP contribution in [0.3, 0.4) is 0 Å². The Kier molecular flexibility index (Phi) is 11.5. The minimum Gasteiger partial charge on any atom is -0.434 e. The molecule has 2 N–H and O–H groups in total. The second-order valence-corrected chi connectivity index (χ2v) is 6.06. The Balaban J connectivity index is 0.00000364. The molecule has 1 atom stereocenters. The van der Waals surface area contributed by atoms with E-state index in [9.17, 15) is 8.78 Å². The molecule has 154 valence electrons. The summed E-state index contributed by atoms with van der Waals surface area (Å²) in [5.41, 5.74) is 0.617. The van der Waals surface area contributed by atoms with Crippen LogP contribution in [0.1, 0.15) is 19.4 Å². The molecule has 1 aliphatic rings. The lowest BCUT2D eigenvalue weighted by atomic mass is 10.2. The number of morpholine rings is 1. The van der Waals surface area contributed by atoms with E-state index < -0.39 is 6.61 Å². The van der Waals surface area contributed by atoms with Gasteiger partial charge in [0.1, 0.15) is 5.75 Å². The zero-order chi connectivity index (χ0) is 18.8. The van der Waals surface area contributed by atoms with Crippen LogP contribution in [0, 0.1) is 0 Å². The highest BCUT2D eigenvalue weighted by atomic mass is 127. The fraction of sp³-hybridized carbons (Fsp3) is 0.611. The quantitative estimate of drug-likeness (QED) is 0.328. The lowest BCUT2D eigenvalue weighted by Gasteiger charge is -2.32. The van der Waals surface area contributed by atoms with Crippen LogP contribution in [-0.4, -0.2) is 62.9 Å². The molecule has 6 nitrogen and oxygen atoms in total. The number of ether oxygens (including phenoxy) is 2. The van der Waals surface area contributed by atoms with E-state index in [2.05, 4.69) is 32.2 Å². The van der Waals surface area contributed by atoms with Crippen LogP contribution >= 0.6 is 24.0 Å². The Hall–Kier alpha value is -1.20. The fourth-order valence-electron chi connectivity index (χ4n) is 2.74. The molecule has 2 rings (SSSR count). The molecule has 1 fully saturated rings. The summed E-state index contributed by atoms with van der Waals surface area (Å²) in [6.45, 7) is 6.38. The monoisotopic (exact) mass is 498 g/mol. The molecule has 1 saturated heterocycles. The highest BCUT2D eigenvalue weighted by Gasteiger charge is 2.17. The highest BCUT2D eigenvalue weighted by Crippen LogP contribution is 2.20. The summed E-state index contributed by atoms with van der Waals surface area (Å²) in [4.78, 5) is 6.86. The molecule has 27 heavy (non-hydrogen) atoms. The highest BCUT2D eigenvalue weighted by molar-refractivity contribution is 14.0. The molecule has 1 aromatic carbocycles. The Morgan fingerprint density at radius 3 is 2.63 bits per heavy atom. The minimum atomic E-state index is -2.85. The summed E-state index contributed by atoms with van der Waals surface area (Å²) in [6, 6.07) is 7.05. The first-order valence-electron chi connectivity index (χ1n) is 8.96. The Labute approximate surface area is 176 Å². The van der Waals surface area contributed by atoms with E-state index in [0.29, 0.717) is 24.1 Å². The smallest absolute Gasteiger partial charge is 0.387 e. The number of guanidine groups is 1. The molecular weight excluding hydrogens is 469 g/mol. The van der Waals surface area contributed by atoms with Gasteiger partial charge in [-0.3, -0.25) is 4.90 Å². The molecule has 0 saturated carbocycles. The third-order valence-electron chi connectivity index (χ3n) is 4.17. The van der Waals surface area contributed by atoms with E-state index in [1.54, 1.807) is 18.2 Å². The van der Waals surface area contributed by atoms with Gasteiger partial charge in [0, 0.05) is 37.8 Å². The maximum Gasteiger partial charge on any atom is 0.387 e. The first-order chi connectivity index (χ1) is 12.6. The first kappa shape index (κ1) is 23.8. The van der Waals surface area contributed by atoms with Gasteiger partial charge in [0.05, 0.1) is 19.8 Å². The van der Waals surface area contributed by atoms with Crippen molar-refractivity contribution in [1.29, 1.82) is 0 Å². The molecular formula is C18H29F2IN4O2. The second kappa shape index (κ2) is 13.1. The van der Waals surface area contributed by atoms with Gasteiger partial charge in [0.25, 0.3) is 0 Å². The normalized spacial score (nSPS) is 16.6. The fourth-order valence-corrected chi connectivity index (χ4v) is 2.74. The molecule has 9 heteroatoms. The lowest BCUT2D eigenvalue weighted by molar-refractivity contribution is -0.0504. The second-order valence-electron chi connectivity index (χ2n) is 6.06. The molecule has 0 amide bonds. The molecule has 1 aliphatic heterocycles. The number of rotatable bonds is 8. The molecule has 1 unspecified atom stereocenters. The Morgan fingerprint density at radius 1 is 1.26 bits per heavy atom. The summed E-state index contributed by atoms with van der Waals surface area (Å²) in [5, 5.41) is 6.49. The van der Waals surface area contributed by atoms with Crippen molar-refractivity contribution in [1.82, 2.24) is 15.5 Å². The lowest BCUT2D eigenvalue weighted by Crippen LogP contribution is -2.49. The van der Waals surface area contributed by atoms with Gasteiger partial charge < -0.3 is 20.1 Å². The van der Waals surface area contributed by atoms with Gasteiger partial charge in [-0.2, -0.15) is 8.78 Å². The number of nitrogens with zero attached hydrogens (tertiary/aromatic N) is 2. The summed E-state index contributed by atoms with van der Waals surface area (Å²) < 4.78 is 35.0. The third-order valence-corrected chi connectivity index (χ3v) is 4.17. The van der Waals surface area contributed by atoms with E-state index in [1.807, 2.05) is 6.92 Å². The molecule has 0 radical (unpaired) electrons. The SMILES string of the molecule is CCNC(=NCc1ccccc1OC(F)F)NCC(C)N1CCOCC1.I. The van der Waals surface area contributed by atoms with Crippen molar-refractivity contribution in [3.05, 3.63) is 29.8 Å². The first-order valence-corrected chi connectivity index (χ1v) is 8.96. The Bertz CT molecular complexity index is 572. The summed E-state index contributed by atoms with van der Waals surface area (Å²) in [6.07, 6.45) is 0. The van der Waals surface area contributed by atoms with Gasteiger partial charge in [-0.25, -0.2) is 4.99 Å². The summed E-state index contributed by atoms with van der Waals surface area (Å²) >= 11 is 0. The number of benzene rings is 1. The minimum absolute atomic E-state index is 0. The number of aliphatic imine (C=N–C) groups is 1. The summed E-state index contributed by atoms with van der Waals surface area (Å²) in [5.74, 6) is 0.809. The third kappa shape index (κ3) is 8.56. The number of para-hydroxylation sites is 1. The Morgan fingerprint density at radius 2 is 1.96 bits per heavy atom.